The number of non-ortho nitro benzene ring substituents is 1. The second kappa shape index (κ2) is 5.39. The highest BCUT2D eigenvalue weighted by Crippen LogP contribution is 2.23. The highest BCUT2D eigenvalue weighted by molar-refractivity contribution is 5.56. The molecule has 1 heterocycles. The minimum Gasteiger partial charge on any atom is -0.404 e. The van der Waals surface area contributed by atoms with E-state index < -0.39 is 9.85 Å². The quantitative estimate of drug-likeness (QED) is 0.664. The number of nitrogens with one attached hydrogen (secondary N) is 1. The molecule has 8 heteroatoms. The number of nitrogens with zero attached hydrogens (tertiary/aromatic N) is 2. The molecule has 0 saturated heterocycles. The van der Waals surface area contributed by atoms with Crippen LogP contribution in [0, 0.1) is 27.2 Å². The summed E-state index contributed by atoms with van der Waals surface area (Å²) >= 11 is 0. The summed E-state index contributed by atoms with van der Waals surface area (Å²) in [4.78, 5) is 20.1. The largest absolute Gasteiger partial charge is 0.433 e. The second-order valence-corrected chi connectivity index (χ2v) is 4.11. The van der Waals surface area contributed by atoms with Crippen LogP contribution in [0.4, 0.5) is 17.3 Å². The molecule has 1 N–H and O–H groups in total. The van der Waals surface area contributed by atoms with Gasteiger partial charge in [0.1, 0.15) is 10.7 Å². The third kappa shape index (κ3) is 2.91. The topological polar surface area (TPSA) is 111 Å². The molecular formula is C12H11N3O5. The van der Waals surface area contributed by atoms with E-state index in [2.05, 4.69) is 5.32 Å². The fourth-order valence-electron chi connectivity index (χ4n) is 1.66. The minimum absolute atomic E-state index is 0.0245. The summed E-state index contributed by atoms with van der Waals surface area (Å²) in [5.41, 5.74) is 1.39. The monoisotopic (exact) mass is 277 g/mol. The van der Waals surface area contributed by atoms with Crippen molar-refractivity contribution in [3.63, 3.8) is 0 Å². The van der Waals surface area contributed by atoms with E-state index in [1.165, 1.54) is 24.3 Å². The average Bonchev–Trinajstić information content (AvgIpc) is 2.86. The van der Waals surface area contributed by atoms with Crippen LogP contribution in [0.5, 0.6) is 0 Å². The van der Waals surface area contributed by atoms with Gasteiger partial charge in [0.2, 0.25) is 0 Å². The van der Waals surface area contributed by atoms with E-state index in [1.54, 1.807) is 13.0 Å². The number of nitro groups is 2. The Kier molecular flexibility index (Phi) is 3.65. The molecule has 0 aliphatic rings. The van der Waals surface area contributed by atoms with Crippen LogP contribution in [0.2, 0.25) is 0 Å². The van der Waals surface area contributed by atoms with Gasteiger partial charge in [0.25, 0.3) is 5.69 Å². The highest BCUT2D eigenvalue weighted by Gasteiger charge is 2.12. The lowest BCUT2D eigenvalue weighted by Gasteiger charge is -2.07. The maximum atomic E-state index is 10.7. The van der Waals surface area contributed by atoms with Crippen molar-refractivity contribution in [1.82, 2.24) is 0 Å². The normalized spacial score (nSPS) is 10.2. The highest BCUT2D eigenvalue weighted by atomic mass is 16.6. The number of hydrogen-bond acceptors (Lipinski definition) is 6. The number of nitro benzene ring substituents is 1. The van der Waals surface area contributed by atoms with Gasteiger partial charge in [0, 0.05) is 17.8 Å². The molecule has 0 aliphatic heterocycles. The van der Waals surface area contributed by atoms with Crippen LogP contribution in [-0.2, 0) is 6.54 Å². The summed E-state index contributed by atoms with van der Waals surface area (Å²) in [7, 11) is 0. The Balaban J connectivity index is 2.11. The maximum Gasteiger partial charge on any atom is 0.433 e. The van der Waals surface area contributed by atoms with Gasteiger partial charge in [-0.3, -0.25) is 20.2 Å². The van der Waals surface area contributed by atoms with Gasteiger partial charge in [-0.15, -0.1) is 0 Å². The molecule has 0 amide bonds. The first kappa shape index (κ1) is 13.5. The number of furan rings is 1. The second-order valence-electron chi connectivity index (χ2n) is 4.11. The maximum absolute atomic E-state index is 10.7. The third-order valence-corrected chi connectivity index (χ3v) is 2.71. The first-order chi connectivity index (χ1) is 9.47. The molecule has 104 valence electrons. The standard InChI is InChI=1S/C12H11N3O5/c1-8-2-3-9(14(16)17)6-11(8)13-7-10-4-5-12(20-10)15(18)19/h2-6,13H,7H2,1H3. The van der Waals surface area contributed by atoms with Crippen LogP contribution >= 0.6 is 0 Å². The summed E-state index contributed by atoms with van der Waals surface area (Å²) in [6.45, 7) is 2.01. The fourth-order valence-corrected chi connectivity index (χ4v) is 1.66. The summed E-state index contributed by atoms with van der Waals surface area (Å²) in [5.74, 6) is 0.0418. The summed E-state index contributed by atoms with van der Waals surface area (Å²) in [6.07, 6.45) is 0. The van der Waals surface area contributed by atoms with Crippen molar-refractivity contribution in [2.75, 3.05) is 5.32 Å². The third-order valence-electron chi connectivity index (χ3n) is 2.71. The summed E-state index contributed by atoms with van der Waals surface area (Å²) in [6, 6.07) is 7.20. The van der Waals surface area contributed by atoms with Crippen molar-refractivity contribution in [1.29, 1.82) is 0 Å². The lowest BCUT2D eigenvalue weighted by molar-refractivity contribution is -0.402. The SMILES string of the molecule is Cc1ccc([N+](=O)[O-])cc1NCc1ccc([N+](=O)[O-])o1. The van der Waals surface area contributed by atoms with E-state index in [9.17, 15) is 20.2 Å². The van der Waals surface area contributed by atoms with Gasteiger partial charge in [0.05, 0.1) is 17.5 Å². The van der Waals surface area contributed by atoms with Crippen molar-refractivity contribution in [2.24, 2.45) is 0 Å². The van der Waals surface area contributed by atoms with Crippen LogP contribution in [-0.4, -0.2) is 9.85 Å². The molecule has 2 aromatic rings. The van der Waals surface area contributed by atoms with Crippen molar-refractivity contribution in [2.45, 2.75) is 13.5 Å². The van der Waals surface area contributed by atoms with Crippen LogP contribution < -0.4 is 5.32 Å². The lowest BCUT2D eigenvalue weighted by Crippen LogP contribution is -2.01. The van der Waals surface area contributed by atoms with Crippen molar-refractivity contribution < 1.29 is 14.3 Å². The predicted octanol–water partition coefficient (Wildman–Crippen LogP) is 3.02. The van der Waals surface area contributed by atoms with E-state index in [1.807, 2.05) is 0 Å². The number of anilines is 1. The van der Waals surface area contributed by atoms with E-state index in [-0.39, 0.29) is 18.1 Å². The fraction of sp³-hybridized carbons (Fsp3) is 0.167. The molecular weight excluding hydrogens is 266 g/mol. The molecule has 0 bridgehead atoms. The first-order valence-corrected chi connectivity index (χ1v) is 5.69. The molecule has 0 aliphatic carbocycles. The van der Waals surface area contributed by atoms with Crippen LogP contribution in [0.3, 0.4) is 0 Å². The number of benzene rings is 1. The van der Waals surface area contributed by atoms with Gasteiger partial charge in [-0.05, 0) is 18.6 Å². The first-order valence-electron chi connectivity index (χ1n) is 5.69. The number of aryl methyl sites for hydroxylation is 1. The Hall–Kier alpha value is -2.90. The van der Waals surface area contributed by atoms with E-state index in [0.717, 1.165) is 5.56 Å². The molecule has 0 atom stereocenters. The molecule has 0 unspecified atom stereocenters. The molecule has 1 aromatic carbocycles. The Morgan fingerprint density at radius 3 is 2.50 bits per heavy atom. The van der Waals surface area contributed by atoms with Crippen LogP contribution in [0.25, 0.3) is 0 Å². The number of hydrogen-bond donors (Lipinski definition) is 1. The minimum atomic E-state index is -0.623. The molecule has 0 radical (unpaired) electrons. The molecule has 1 aromatic heterocycles. The van der Waals surface area contributed by atoms with Gasteiger partial charge in [0.15, 0.2) is 0 Å². The smallest absolute Gasteiger partial charge is 0.404 e. The zero-order valence-corrected chi connectivity index (χ0v) is 10.5. The van der Waals surface area contributed by atoms with Gasteiger partial charge in [-0.25, -0.2) is 0 Å². The Morgan fingerprint density at radius 2 is 1.90 bits per heavy atom. The average molecular weight is 277 g/mol. The Labute approximate surface area is 113 Å². The zero-order valence-electron chi connectivity index (χ0n) is 10.5. The van der Waals surface area contributed by atoms with Gasteiger partial charge < -0.3 is 9.73 Å². The van der Waals surface area contributed by atoms with E-state index >= 15 is 0 Å². The van der Waals surface area contributed by atoms with Gasteiger partial charge >= 0.3 is 5.88 Å². The van der Waals surface area contributed by atoms with Crippen LogP contribution in [0.1, 0.15) is 11.3 Å². The van der Waals surface area contributed by atoms with Crippen LogP contribution in [0.15, 0.2) is 34.7 Å². The van der Waals surface area contributed by atoms with Gasteiger partial charge in [-0.2, -0.15) is 0 Å². The molecule has 0 fully saturated rings. The summed E-state index contributed by atoms with van der Waals surface area (Å²) in [5, 5.41) is 24.1. The Morgan fingerprint density at radius 1 is 1.15 bits per heavy atom. The van der Waals surface area contributed by atoms with Crippen molar-refractivity contribution in [3.05, 3.63) is 61.9 Å². The van der Waals surface area contributed by atoms with E-state index in [0.29, 0.717) is 11.4 Å². The molecule has 8 nitrogen and oxygen atoms in total. The van der Waals surface area contributed by atoms with Gasteiger partial charge in [-0.1, -0.05) is 6.07 Å². The molecule has 20 heavy (non-hydrogen) atoms. The molecule has 0 spiro atoms. The zero-order chi connectivity index (χ0) is 14.7. The van der Waals surface area contributed by atoms with E-state index in [4.69, 9.17) is 4.42 Å². The predicted molar refractivity (Wildman–Crippen MR) is 70.5 cm³/mol. The van der Waals surface area contributed by atoms with Crippen molar-refractivity contribution in [3.8, 4) is 0 Å². The number of rotatable bonds is 5. The molecule has 2 rings (SSSR count). The lowest BCUT2D eigenvalue weighted by atomic mass is 10.2. The molecule has 0 saturated carbocycles. The van der Waals surface area contributed by atoms with Crippen molar-refractivity contribution >= 4 is 17.3 Å². The Bertz CT molecular complexity index is 665. The summed E-state index contributed by atoms with van der Waals surface area (Å²) < 4.78 is 4.99.